The number of rotatable bonds is 7. The first-order valence-corrected chi connectivity index (χ1v) is 8.03. The molecule has 106 valence electrons. The van der Waals surface area contributed by atoms with E-state index in [9.17, 15) is 0 Å². The Morgan fingerprint density at radius 2 is 2.10 bits per heavy atom. The van der Waals surface area contributed by atoms with Crippen molar-refractivity contribution in [2.75, 3.05) is 13.1 Å². The highest BCUT2D eigenvalue weighted by Gasteiger charge is 2.04. The van der Waals surface area contributed by atoms with Gasteiger partial charge in [0.05, 0.1) is 10.7 Å². The zero-order valence-corrected chi connectivity index (χ0v) is 13.0. The molecular formula is C17H22N2S. The van der Waals surface area contributed by atoms with Crippen LogP contribution in [-0.2, 0) is 6.42 Å². The van der Waals surface area contributed by atoms with Crippen molar-refractivity contribution in [3.63, 3.8) is 0 Å². The third-order valence-electron chi connectivity index (χ3n) is 3.12. The van der Waals surface area contributed by atoms with E-state index in [1.54, 1.807) is 11.3 Å². The topological polar surface area (TPSA) is 24.9 Å². The van der Waals surface area contributed by atoms with Gasteiger partial charge in [0.1, 0.15) is 0 Å². The average molecular weight is 286 g/mol. The Bertz CT molecular complexity index is 543. The molecule has 0 amide bonds. The maximum atomic E-state index is 4.73. The van der Waals surface area contributed by atoms with Crippen LogP contribution in [0.1, 0.15) is 25.3 Å². The number of nitrogens with one attached hydrogen (secondary N) is 1. The zero-order valence-electron chi connectivity index (χ0n) is 12.2. The molecule has 0 aliphatic rings. The lowest BCUT2D eigenvalue weighted by Crippen LogP contribution is -2.13. The zero-order chi connectivity index (χ0) is 14.2. The standard InChI is InChI=1S/C17H22N2S/c1-3-18-11-7-8-14(2)12-17-19-16(13-20-17)15-9-5-4-6-10-15/h4-6,8-10,13,18H,3,7,11-12H2,1-2H3. The molecule has 0 unspecified atom stereocenters. The summed E-state index contributed by atoms with van der Waals surface area (Å²) in [5.74, 6) is 0. The fourth-order valence-corrected chi connectivity index (χ4v) is 2.94. The van der Waals surface area contributed by atoms with Gasteiger partial charge in [-0.2, -0.15) is 0 Å². The molecule has 0 radical (unpaired) electrons. The fourth-order valence-electron chi connectivity index (χ4n) is 2.04. The predicted molar refractivity (Wildman–Crippen MR) is 88.2 cm³/mol. The van der Waals surface area contributed by atoms with E-state index >= 15 is 0 Å². The lowest BCUT2D eigenvalue weighted by molar-refractivity contribution is 0.724. The van der Waals surface area contributed by atoms with Gasteiger partial charge in [0.25, 0.3) is 0 Å². The van der Waals surface area contributed by atoms with Crippen LogP contribution in [0.2, 0.25) is 0 Å². The number of benzene rings is 1. The van der Waals surface area contributed by atoms with Crippen LogP contribution in [-0.4, -0.2) is 18.1 Å². The second kappa shape index (κ2) is 7.98. The molecule has 20 heavy (non-hydrogen) atoms. The van der Waals surface area contributed by atoms with E-state index in [2.05, 4.69) is 54.9 Å². The Balaban J connectivity index is 1.93. The van der Waals surface area contributed by atoms with Crippen molar-refractivity contribution in [3.05, 3.63) is 52.4 Å². The molecule has 0 spiro atoms. The Hall–Kier alpha value is -1.45. The minimum absolute atomic E-state index is 0.962. The first-order chi connectivity index (χ1) is 9.79. The van der Waals surface area contributed by atoms with Gasteiger partial charge in [-0.3, -0.25) is 0 Å². The number of hydrogen-bond acceptors (Lipinski definition) is 3. The third kappa shape index (κ3) is 4.58. The molecule has 2 nitrogen and oxygen atoms in total. The minimum atomic E-state index is 0.962. The summed E-state index contributed by atoms with van der Waals surface area (Å²) in [6.45, 7) is 6.42. The van der Waals surface area contributed by atoms with E-state index in [1.807, 2.05) is 6.07 Å². The van der Waals surface area contributed by atoms with Crippen molar-refractivity contribution in [2.24, 2.45) is 0 Å². The summed E-state index contributed by atoms with van der Waals surface area (Å²) in [5, 5.41) is 6.68. The second-order valence-electron chi connectivity index (χ2n) is 4.86. The van der Waals surface area contributed by atoms with Crippen LogP contribution in [0.3, 0.4) is 0 Å². The summed E-state index contributed by atoms with van der Waals surface area (Å²) in [5.41, 5.74) is 3.69. The SMILES string of the molecule is CCNCCC=C(C)Cc1nc(-c2ccccc2)cs1. The molecule has 0 saturated heterocycles. The van der Waals surface area contributed by atoms with E-state index < -0.39 is 0 Å². The van der Waals surface area contributed by atoms with Gasteiger partial charge < -0.3 is 5.32 Å². The molecule has 2 rings (SSSR count). The number of thiazole rings is 1. The van der Waals surface area contributed by atoms with E-state index in [0.717, 1.165) is 31.6 Å². The van der Waals surface area contributed by atoms with Crippen molar-refractivity contribution in [1.29, 1.82) is 0 Å². The Morgan fingerprint density at radius 3 is 2.85 bits per heavy atom. The van der Waals surface area contributed by atoms with Gasteiger partial charge in [-0.15, -0.1) is 11.3 Å². The van der Waals surface area contributed by atoms with Crippen LogP contribution in [0.4, 0.5) is 0 Å². The lowest BCUT2D eigenvalue weighted by Gasteiger charge is -2.00. The molecule has 0 atom stereocenters. The first kappa shape index (κ1) is 14.9. The van der Waals surface area contributed by atoms with E-state index in [4.69, 9.17) is 4.98 Å². The summed E-state index contributed by atoms with van der Waals surface area (Å²) < 4.78 is 0. The predicted octanol–water partition coefficient (Wildman–Crippen LogP) is 4.30. The van der Waals surface area contributed by atoms with E-state index in [-0.39, 0.29) is 0 Å². The maximum Gasteiger partial charge on any atom is 0.0973 e. The molecule has 0 saturated carbocycles. The number of allylic oxidation sites excluding steroid dienone is 1. The molecule has 0 aliphatic heterocycles. The molecule has 1 N–H and O–H groups in total. The Morgan fingerprint density at radius 1 is 1.30 bits per heavy atom. The molecule has 0 bridgehead atoms. The molecular weight excluding hydrogens is 264 g/mol. The van der Waals surface area contributed by atoms with Crippen LogP contribution >= 0.6 is 11.3 Å². The van der Waals surface area contributed by atoms with Crippen LogP contribution in [0.5, 0.6) is 0 Å². The van der Waals surface area contributed by atoms with Crippen LogP contribution in [0.25, 0.3) is 11.3 Å². The van der Waals surface area contributed by atoms with Crippen LogP contribution < -0.4 is 5.32 Å². The maximum absolute atomic E-state index is 4.73. The molecule has 1 aromatic heterocycles. The Kier molecular flexibility index (Phi) is 5.96. The molecule has 3 heteroatoms. The average Bonchev–Trinajstić information content (AvgIpc) is 2.93. The summed E-state index contributed by atoms with van der Waals surface area (Å²) >= 11 is 1.75. The van der Waals surface area contributed by atoms with Crippen molar-refractivity contribution in [2.45, 2.75) is 26.7 Å². The van der Waals surface area contributed by atoms with Gasteiger partial charge in [0.15, 0.2) is 0 Å². The van der Waals surface area contributed by atoms with Crippen molar-refractivity contribution in [1.82, 2.24) is 10.3 Å². The molecule has 0 fully saturated rings. The van der Waals surface area contributed by atoms with Gasteiger partial charge in [-0.1, -0.05) is 48.9 Å². The van der Waals surface area contributed by atoms with Crippen LogP contribution in [0.15, 0.2) is 47.4 Å². The minimum Gasteiger partial charge on any atom is -0.317 e. The van der Waals surface area contributed by atoms with Gasteiger partial charge in [-0.25, -0.2) is 4.98 Å². The van der Waals surface area contributed by atoms with Crippen molar-refractivity contribution >= 4 is 11.3 Å². The highest BCUT2D eigenvalue weighted by atomic mass is 32.1. The molecule has 1 aromatic carbocycles. The lowest BCUT2D eigenvalue weighted by atomic mass is 10.1. The van der Waals surface area contributed by atoms with E-state index in [1.165, 1.54) is 16.1 Å². The van der Waals surface area contributed by atoms with Gasteiger partial charge in [0, 0.05) is 17.4 Å². The van der Waals surface area contributed by atoms with Gasteiger partial charge >= 0.3 is 0 Å². The van der Waals surface area contributed by atoms with Crippen molar-refractivity contribution in [3.8, 4) is 11.3 Å². The largest absolute Gasteiger partial charge is 0.317 e. The number of nitrogens with zero attached hydrogens (tertiary/aromatic N) is 1. The van der Waals surface area contributed by atoms with E-state index in [0.29, 0.717) is 0 Å². The quantitative estimate of drug-likeness (QED) is 0.606. The summed E-state index contributed by atoms with van der Waals surface area (Å²) in [6.07, 6.45) is 4.37. The first-order valence-electron chi connectivity index (χ1n) is 7.15. The highest BCUT2D eigenvalue weighted by Crippen LogP contribution is 2.23. The fraction of sp³-hybridized carbons (Fsp3) is 0.353. The summed E-state index contributed by atoms with van der Waals surface area (Å²) in [6, 6.07) is 10.4. The normalized spacial score (nSPS) is 11.8. The number of hydrogen-bond donors (Lipinski definition) is 1. The van der Waals surface area contributed by atoms with Gasteiger partial charge in [-0.05, 0) is 26.4 Å². The summed E-state index contributed by atoms with van der Waals surface area (Å²) in [7, 11) is 0. The van der Waals surface area contributed by atoms with Gasteiger partial charge in [0.2, 0.25) is 0 Å². The third-order valence-corrected chi connectivity index (χ3v) is 3.96. The second-order valence-corrected chi connectivity index (χ2v) is 5.80. The van der Waals surface area contributed by atoms with Crippen molar-refractivity contribution < 1.29 is 0 Å². The Labute approximate surface area is 125 Å². The molecule has 1 heterocycles. The van der Waals surface area contributed by atoms with Crippen LogP contribution in [0, 0.1) is 0 Å². The molecule has 2 aromatic rings. The number of aromatic nitrogens is 1. The summed E-state index contributed by atoms with van der Waals surface area (Å²) in [4.78, 5) is 4.73. The monoisotopic (exact) mass is 286 g/mol. The smallest absolute Gasteiger partial charge is 0.0973 e. The highest BCUT2D eigenvalue weighted by molar-refractivity contribution is 7.10. The molecule has 0 aliphatic carbocycles.